The lowest BCUT2D eigenvalue weighted by Gasteiger charge is -2.36. The van der Waals surface area contributed by atoms with E-state index in [0.717, 1.165) is 31.9 Å². The molecule has 1 aliphatic rings. The minimum atomic E-state index is -0.542. The molecular weight excluding hydrogens is 311 g/mol. The maximum Gasteiger partial charge on any atom is 0.146 e. The number of aliphatic hydroxyl groups excluding tert-OH is 1. The third-order valence-electron chi connectivity index (χ3n) is 4.17. The van der Waals surface area contributed by atoms with Crippen LogP contribution in [0.4, 0.5) is 10.1 Å². The number of halogens is 1. The molecule has 1 unspecified atom stereocenters. The van der Waals surface area contributed by atoms with Crippen LogP contribution in [0.2, 0.25) is 0 Å². The Kier molecular flexibility index (Phi) is 5.85. The summed E-state index contributed by atoms with van der Waals surface area (Å²) in [4.78, 5) is 4.23. The second-order valence-electron chi connectivity index (χ2n) is 5.99. The number of aliphatic hydroxyl groups is 1. The lowest BCUT2D eigenvalue weighted by Crippen LogP contribution is -2.49. The fraction of sp³-hybridized carbons (Fsp3) is 0.444. The standard InChI is InChI=1S/C18H23FN2O3/c19-17-5-1-2-6-18(17)21-9-7-20(8-10-21)12-15(22)13-23-14-16-4-3-11-24-16/h1-6,11,15,22H,7-10,12-14H2. The van der Waals surface area contributed by atoms with Crippen molar-refractivity contribution in [3.8, 4) is 0 Å². The molecule has 0 saturated carbocycles. The number of para-hydroxylation sites is 1. The van der Waals surface area contributed by atoms with Crippen molar-refractivity contribution in [1.82, 2.24) is 4.90 Å². The molecule has 1 saturated heterocycles. The predicted octanol–water partition coefficient (Wildman–Crippen LogP) is 2.12. The van der Waals surface area contributed by atoms with Crippen molar-refractivity contribution in [3.63, 3.8) is 0 Å². The minimum absolute atomic E-state index is 0.183. The molecule has 0 radical (unpaired) electrons. The van der Waals surface area contributed by atoms with Crippen molar-refractivity contribution in [2.24, 2.45) is 0 Å². The summed E-state index contributed by atoms with van der Waals surface area (Å²) in [7, 11) is 0. The number of benzene rings is 1. The van der Waals surface area contributed by atoms with Gasteiger partial charge in [0.05, 0.1) is 24.7 Å². The number of nitrogens with zero attached hydrogens (tertiary/aromatic N) is 2. The first-order valence-electron chi connectivity index (χ1n) is 8.22. The summed E-state index contributed by atoms with van der Waals surface area (Å²) in [5, 5.41) is 10.1. The number of anilines is 1. The molecular formula is C18H23FN2O3. The zero-order valence-corrected chi connectivity index (χ0v) is 13.6. The summed E-state index contributed by atoms with van der Waals surface area (Å²) in [6.07, 6.45) is 1.06. The molecule has 24 heavy (non-hydrogen) atoms. The first-order chi connectivity index (χ1) is 11.7. The minimum Gasteiger partial charge on any atom is -0.467 e. The molecule has 1 aromatic carbocycles. The number of furan rings is 1. The first-order valence-corrected chi connectivity index (χ1v) is 8.22. The van der Waals surface area contributed by atoms with Gasteiger partial charge in [-0.15, -0.1) is 0 Å². The van der Waals surface area contributed by atoms with E-state index in [1.807, 2.05) is 29.2 Å². The van der Waals surface area contributed by atoms with Gasteiger partial charge >= 0.3 is 0 Å². The first kappa shape index (κ1) is 17.0. The molecule has 3 rings (SSSR count). The van der Waals surface area contributed by atoms with Gasteiger partial charge in [-0.2, -0.15) is 0 Å². The van der Waals surface area contributed by atoms with Crippen molar-refractivity contribution in [2.75, 3.05) is 44.2 Å². The molecule has 1 aromatic heterocycles. The molecule has 2 heterocycles. The number of hydrogen-bond acceptors (Lipinski definition) is 5. The second kappa shape index (κ2) is 8.28. The number of rotatable bonds is 7. The molecule has 1 atom stereocenters. The molecule has 0 spiro atoms. The van der Waals surface area contributed by atoms with E-state index in [4.69, 9.17) is 9.15 Å². The van der Waals surface area contributed by atoms with E-state index in [2.05, 4.69) is 4.90 Å². The highest BCUT2D eigenvalue weighted by Crippen LogP contribution is 2.20. The van der Waals surface area contributed by atoms with Crippen LogP contribution in [0.25, 0.3) is 0 Å². The zero-order valence-electron chi connectivity index (χ0n) is 13.6. The molecule has 1 N–H and O–H groups in total. The van der Waals surface area contributed by atoms with Crippen LogP contribution in [-0.4, -0.2) is 55.4 Å². The Morgan fingerprint density at radius 3 is 2.62 bits per heavy atom. The Bertz CT molecular complexity index is 612. The average molecular weight is 334 g/mol. The summed E-state index contributed by atoms with van der Waals surface area (Å²) >= 11 is 0. The van der Waals surface area contributed by atoms with Crippen LogP contribution in [0.5, 0.6) is 0 Å². The third kappa shape index (κ3) is 4.56. The van der Waals surface area contributed by atoms with Crippen molar-refractivity contribution < 1.29 is 18.7 Å². The van der Waals surface area contributed by atoms with E-state index in [1.54, 1.807) is 12.3 Å². The Morgan fingerprint density at radius 1 is 1.12 bits per heavy atom. The molecule has 0 bridgehead atoms. The van der Waals surface area contributed by atoms with Crippen LogP contribution in [0.3, 0.4) is 0 Å². The van der Waals surface area contributed by atoms with Gasteiger partial charge in [-0.05, 0) is 24.3 Å². The lowest BCUT2D eigenvalue weighted by atomic mass is 10.2. The lowest BCUT2D eigenvalue weighted by molar-refractivity contribution is 0.00440. The van der Waals surface area contributed by atoms with Crippen LogP contribution in [0, 0.1) is 5.82 Å². The molecule has 5 nitrogen and oxygen atoms in total. The summed E-state index contributed by atoms with van der Waals surface area (Å²) in [5.41, 5.74) is 0.652. The van der Waals surface area contributed by atoms with Gasteiger partial charge in [-0.25, -0.2) is 4.39 Å². The Hall–Kier alpha value is -1.89. The third-order valence-corrected chi connectivity index (χ3v) is 4.17. The van der Waals surface area contributed by atoms with Crippen LogP contribution < -0.4 is 4.90 Å². The smallest absolute Gasteiger partial charge is 0.146 e. The number of ether oxygens (including phenoxy) is 1. The average Bonchev–Trinajstić information content (AvgIpc) is 3.10. The Morgan fingerprint density at radius 2 is 1.92 bits per heavy atom. The Labute approximate surface area is 141 Å². The molecule has 0 aliphatic carbocycles. The van der Waals surface area contributed by atoms with E-state index in [9.17, 15) is 9.50 Å². The van der Waals surface area contributed by atoms with Gasteiger partial charge in [-0.3, -0.25) is 4.90 Å². The van der Waals surface area contributed by atoms with E-state index in [1.165, 1.54) is 6.07 Å². The van der Waals surface area contributed by atoms with Gasteiger partial charge in [0.15, 0.2) is 0 Å². The zero-order chi connectivity index (χ0) is 16.8. The van der Waals surface area contributed by atoms with Crippen LogP contribution in [-0.2, 0) is 11.3 Å². The van der Waals surface area contributed by atoms with Crippen molar-refractivity contribution in [1.29, 1.82) is 0 Å². The number of hydrogen-bond donors (Lipinski definition) is 1. The monoisotopic (exact) mass is 334 g/mol. The Balaban J connectivity index is 1.38. The van der Waals surface area contributed by atoms with Crippen LogP contribution in [0.15, 0.2) is 47.1 Å². The predicted molar refractivity (Wildman–Crippen MR) is 89.4 cm³/mol. The van der Waals surface area contributed by atoms with E-state index < -0.39 is 6.10 Å². The normalized spacial score (nSPS) is 17.2. The summed E-state index contributed by atoms with van der Waals surface area (Å²) in [6, 6.07) is 10.5. The van der Waals surface area contributed by atoms with Crippen molar-refractivity contribution in [3.05, 3.63) is 54.2 Å². The van der Waals surface area contributed by atoms with Gasteiger partial charge < -0.3 is 19.2 Å². The second-order valence-corrected chi connectivity index (χ2v) is 5.99. The maximum absolute atomic E-state index is 13.8. The van der Waals surface area contributed by atoms with Gasteiger partial charge in [0, 0.05) is 32.7 Å². The van der Waals surface area contributed by atoms with Crippen molar-refractivity contribution >= 4 is 5.69 Å². The molecule has 0 amide bonds. The molecule has 1 fully saturated rings. The number of piperazine rings is 1. The molecule has 130 valence electrons. The van der Waals surface area contributed by atoms with Gasteiger partial charge in [0.25, 0.3) is 0 Å². The molecule has 1 aliphatic heterocycles. The highest BCUT2D eigenvalue weighted by atomic mass is 19.1. The summed E-state index contributed by atoms with van der Waals surface area (Å²) in [5.74, 6) is 0.568. The van der Waals surface area contributed by atoms with Gasteiger partial charge in [0.2, 0.25) is 0 Å². The van der Waals surface area contributed by atoms with Gasteiger partial charge in [-0.1, -0.05) is 12.1 Å². The van der Waals surface area contributed by atoms with E-state index >= 15 is 0 Å². The van der Waals surface area contributed by atoms with Crippen LogP contribution >= 0.6 is 0 Å². The SMILES string of the molecule is OC(COCc1ccco1)CN1CCN(c2ccccc2F)CC1. The fourth-order valence-electron chi connectivity index (χ4n) is 2.92. The highest BCUT2D eigenvalue weighted by molar-refractivity contribution is 5.47. The van der Waals surface area contributed by atoms with Crippen molar-refractivity contribution in [2.45, 2.75) is 12.7 Å². The van der Waals surface area contributed by atoms with E-state index in [0.29, 0.717) is 18.8 Å². The topological polar surface area (TPSA) is 49.1 Å². The molecule has 2 aromatic rings. The fourth-order valence-corrected chi connectivity index (χ4v) is 2.92. The van der Waals surface area contributed by atoms with E-state index in [-0.39, 0.29) is 12.4 Å². The largest absolute Gasteiger partial charge is 0.467 e. The maximum atomic E-state index is 13.8. The van der Waals surface area contributed by atoms with Crippen LogP contribution in [0.1, 0.15) is 5.76 Å². The summed E-state index contributed by atoms with van der Waals surface area (Å²) < 4.78 is 24.5. The highest BCUT2D eigenvalue weighted by Gasteiger charge is 2.21. The quantitative estimate of drug-likeness (QED) is 0.840. The summed E-state index contributed by atoms with van der Waals surface area (Å²) in [6.45, 7) is 4.29. The number of β-amino-alcohol motifs (C(OH)–C–C–N with tert-alkyl or cyclic N) is 1. The molecule has 6 heteroatoms. The van der Waals surface area contributed by atoms with Gasteiger partial charge in [0.1, 0.15) is 18.2 Å².